The Labute approximate surface area is 156 Å². The number of alkyl halides is 3. The number of anilines is 2. The lowest BCUT2D eigenvalue weighted by Crippen LogP contribution is -2.31. The molecule has 2 aromatic heterocycles. The molecule has 0 radical (unpaired) electrons. The standard InChI is InChI=1S/C18H15F3N4OS/c19-18(20,21)14-8-15(11-6-7-11)24-25(16(14)26)9-13-10-27-17(23-13)22-12-4-2-1-3-5-12/h1-5,8,10-11H,6-7,9H2,(H,22,23). The fraction of sp³-hybridized carbons (Fsp3) is 0.278. The predicted octanol–water partition coefficient (Wildman–Crippen LogP) is 4.39. The molecule has 0 bridgehead atoms. The fourth-order valence-corrected chi connectivity index (χ4v) is 3.41. The summed E-state index contributed by atoms with van der Waals surface area (Å²) >= 11 is 1.31. The number of nitrogens with one attached hydrogen (secondary N) is 1. The van der Waals surface area contributed by atoms with Gasteiger partial charge in [0.2, 0.25) is 0 Å². The van der Waals surface area contributed by atoms with Crippen LogP contribution in [0.5, 0.6) is 0 Å². The van der Waals surface area contributed by atoms with Gasteiger partial charge in [0.1, 0.15) is 5.56 Å². The molecular formula is C18H15F3N4OS. The molecule has 5 nitrogen and oxygen atoms in total. The van der Waals surface area contributed by atoms with Gasteiger partial charge in [-0.15, -0.1) is 11.3 Å². The smallest absolute Gasteiger partial charge is 0.332 e. The first-order valence-electron chi connectivity index (χ1n) is 8.36. The Morgan fingerprint density at radius 1 is 1.22 bits per heavy atom. The molecule has 0 spiro atoms. The lowest BCUT2D eigenvalue weighted by molar-refractivity contribution is -0.139. The second-order valence-electron chi connectivity index (χ2n) is 6.35. The van der Waals surface area contributed by atoms with Crippen LogP contribution in [0.25, 0.3) is 0 Å². The average molecular weight is 392 g/mol. The third kappa shape index (κ3) is 4.02. The quantitative estimate of drug-likeness (QED) is 0.700. The molecule has 1 saturated carbocycles. The highest BCUT2D eigenvalue weighted by Crippen LogP contribution is 2.40. The van der Waals surface area contributed by atoms with E-state index in [4.69, 9.17) is 0 Å². The molecule has 3 aromatic rings. The molecule has 27 heavy (non-hydrogen) atoms. The molecule has 9 heteroatoms. The largest absolute Gasteiger partial charge is 0.421 e. The number of para-hydroxylation sites is 1. The average Bonchev–Trinajstić information content (AvgIpc) is 3.38. The normalized spacial score (nSPS) is 14.3. The van der Waals surface area contributed by atoms with E-state index in [0.717, 1.165) is 29.3 Å². The van der Waals surface area contributed by atoms with Crippen molar-refractivity contribution in [2.24, 2.45) is 0 Å². The van der Waals surface area contributed by atoms with Gasteiger partial charge in [0, 0.05) is 17.0 Å². The lowest BCUT2D eigenvalue weighted by atomic mass is 10.2. The minimum Gasteiger partial charge on any atom is -0.332 e. The first-order chi connectivity index (χ1) is 12.9. The van der Waals surface area contributed by atoms with Gasteiger partial charge in [0.25, 0.3) is 5.56 Å². The maximum Gasteiger partial charge on any atom is 0.421 e. The van der Waals surface area contributed by atoms with E-state index in [9.17, 15) is 18.0 Å². The van der Waals surface area contributed by atoms with Gasteiger partial charge in [0.05, 0.1) is 17.9 Å². The summed E-state index contributed by atoms with van der Waals surface area (Å²) in [5.41, 5.74) is -0.660. The summed E-state index contributed by atoms with van der Waals surface area (Å²) in [6.07, 6.45) is -3.11. The Bertz CT molecular complexity index is 1010. The summed E-state index contributed by atoms with van der Waals surface area (Å²) in [5.74, 6) is 0.00342. The molecule has 0 unspecified atom stereocenters. The number of aromatic nitrogens is 3. The molecule has 140 valence electrons. The van der Waals surface area contributed by atoms with Crippen molar-refractivity contribution in [3.8, 4) is 0 Å². The van der Waals surface area contributed by atoms with Crippen LogP contribution in [0.15, 0.2) is 46.6 Å². The van der Waals surface area contributed by atoms with Crippen molar-refractivity contribution in [2.45, 2.75) is 31.5 Å². The van der Waals surface area contributed by atoms with Crippen LogP contribution in [0, 0.1) is 0 Å². The van der Waals surface area contributed by atoms with Gasteiger partial charge in [0.15, 0.2) is 5.13 Å². The summed E-state index contributed by atoms with van der Waals surface area (Å²) < 4.78 is 40.5. The van der Waals surface area contributed by atoms with Crippen LogP contribution in [0.4, 0.5) is 24.0 Å². The number of hydrogen-bond donors (Lipinski definition) is 1. The monoisotopic (exact) mass is 392 g/mol. The first kappa shape index (κ1) is 17.7. The number of rotatable bonds is 5. The third-order valence-electron chi connectivity index (χ3n) is 4.18. The van der Waals surface area contributed by atoms with Crippen molar-refractivity contribution in [1.82, 2.24) is 14.8 Å². The van der Waals surface area contributed by atoms with Crippen molar-refractivity contribution in [3.05, 3.63) is 69.1 Å². The Morgan fingerprint density at radius 3 is 2.63 bits per heavy atom. The zero-order valence-corrected chi connectivity index (χ0v) is 14.8. The van der Waals surface area contributed by atoms with E-state index >= 15 is 0 Å². The maximum atomic E-state index is 13.2. The van der Waals surface area contributed by atoms with Crippen LogP contribution >= 0.6 is 11.3 Å². The van der Waals surface area contributed by atoms with E-state index in [1.807, 2.05) is 30.3 Å². The molecule has 0 amide bonds. The summed E-state index contributed by atoms with van der Waals surface area (Å²) in [5, 5.41) is 9.57. The van der Waals surface area contributed by atoms with E-state index in [1.54, 1.807) is 5.38 Å². The second-order valence-corrected chi connectivity index (χ2v) is 7.21. The molecule has 1 N–H and O–H groups in total. The summed E-state index contributed by atoms with van der Waals surface area (Å²) in [7, 11) is 0. The van der Waals surface area contributed by atoms with E-state index < -0.39 is 17.3 Å². The van der Waals surface area contributed by atoms with Crippen LogP contribution < -0.4 is 10.9 Å². The molecule has 0 atom stereocenters. The van der Waals surface area contributed by atoms with Crippen LogP contribution in [0.1, 0.15) is 35.7 Å². The molecular weight excluding hydrogens is 377 g/mol. The highest BCUT2D eigenvalue weighted by atomic mass is 32.1. The third-order valence-corrected chi connectivity index (χ3v) is 4.99. The Balaban J connectivity index is 1.61. The van der Waals surface area contributed by atoms with Gasteiger partial charge in [-0.3, -0.25) is 4.79 Å². The first-order valence-corrected chi connectivity index (χ1v) is 9.24. The molecule has 1 aliphatic carbocycles. The van der Waals surface area contributed by atoms with Gasteiger partial charge in [-0.1, -0.05) is 18.2 Å². The molecule has 0 saturated heterocycles. The molecule has 1 aliphatic rings. The van der Waals surface area contributed by atoms with Crippen LogP contribution in [0.3, 0.4) is 0 Å². The number of benzene rings is 1. The van der Waals surface area contributed by atoms with Crippen molar-refractivity contribution >= 4 is 22.2 Å². The van der Waals surface area contributed by atoms with E-state index in [-0.39, 0.29) is 12.5 Å². The van der Waals surface area contributed by atoms with Crippen molar-refractivity contribution in [2.75, 3.05) is 5.32 Å². The van der Waals surface area contributed by atoms with Crippen molar-refractivity contribution in [3.63, 3.8) is 0 Å². The molecule has 1 fully saturated rings. The molecule has 1 aromatic carbocycles. The fourth-order valence-electron chi connectivity index (χ4n) is 2.69. The molecule has 4 rings (SSSR count). The Hall–Kier alpha value is -2.68. The lowest BCUT2D eigenvalue weighted by Gasteiger charge is -2.11. The molecule has 2 heterocycles. The number of nitrogens with zero attached hydrogens (tertiary/aromatic N) is 3. The van der Waals surface area contributed by atoms with Gasteiger partial charge in [-0.2, -0.15) is 18.3 Å². The highest BCUT2D eigenvalue weighted by Gasteiger charge is 2.37. The maximum absolute atomic E-state index is 13.2. The van der Waals surface area contributed by atoms with E-state index in [1.165, 1.54) is 11.3 Å². The van der Waals surface area contributed by atoms with Crippen molar-refractivity contribution in [1.29, 1.82) is 0 Å². The van der Waals surface area contributed by atoms with Crippen molar-refractivity contribution < 1.29 is 13.2 Å². The number of halogens is 3. The summed E-state index contributed by atoms with van der Waals surface area (Å²) in [6.45, 7) is -0.102. The topological polar surface area (TPSA) is 59.8 Å². The van der Waals surface area contributed by atoms with Gasteiger partial charge in [-0.05, 0) is 31.0 Å². The van der Waals surface area contributed by atoms with Gasteiger partial charge >= 0.3 is 6.18 Å². The van der Waals surface area contributed by atoms with Crippen LogP contribution in [-0.4, -0.2) is 14.8 Å². The SMILES string of the molecule is O=c1c(C(F)(F)F)cc(C2CC2)nn1Cc1csc(Nc2ccccc2)n1. The predicted molar refractivity (Wildman–Crippen MR) is 96.4 cm³/mol. The van der Waals surface area contributed by atoms with Gasteiger partial charge < -0.3 is 5.32 Å². The van der Waals surface area contributed by atoms with E-state index in [0.29, 0.717) is 16.5 Å². The zero-order valence-electron chi connectivity index (χ0n) is 14.0. The summed E-state index contributed by atoms with van der Waals surface area (Å²) in [6, 6.07) is 10.3. The van der Waals surface area contributed by atoms with E-state index in [2.05, 4.69) is 15.4 Å². The Kier molecular flexibility index (Phi) is 4.47. The highest BCUT2D eigenvalue weighted by molar-refractivity contribution is 7.13. The summed E-state index contributed by atoms with van der Waals surface area (Å²) in [4.78, 5) is 16.6. The zero-order chi connectivity index (χ0) is 19.0. The van der Waals surface area contributed by atoms with Gasteiger partial charge in [-0.25, -0.2) is 9.67 Å². The Morgan fingerprint density at radius 2 is 1.96 bits per heavy atom. The number of thiazole rings is 1. The van der Waals surface area contributed by atoms with Crippen LogP contribution in [-0.2, 0) is 12.7 Å². The van der Waals surface area contributed by atoms with Crippen LogP contribution in [0.2, 0.25) is 0 Å². The second kappa shape index (κ2) is 6.80. The minimum atomic E-state index is -4.70. The number of hydrogen-bond acceptors (Lipinski definition) is 5. The minimum absolute atomic E-state index is 0.00342. The molecule has 0 aliphatic heterocycles.